The summed E-state index contributed by atoms with van der Waals surface area (Å²) in [5.41, 5.74) is 6.79. The number of hydrogen-bond acceptors (Lipinski definition) is 4. The molecular formula is C17H25ClN2O3. The van der Waals surface area contributed by atoms with Crippen molar-refractivity contribution in [3.8, 4) is 11.5 Å². The fourth-order valence-electron chi connectivity index (χ4n) is 2.76. The molecule has 1 aliphatic rings. The van der Waals surface area contributed by atoms with Gasteiger partial charge < -0.3 is 20.1 Å². The van der Waals surface area contributed by atoms with Gasteiger partial charge in [-0.05, 0) is 37.0 Å². The van der Waals surface area contributed by atoms with Gasteiger partial charge in [-0.3, -0.25) is 4.79 Å². The van der Waals surface area contributed by atoms with E-state index in [1.807, 2.05) is 29.2 Å². The van der Waals surface area contributed by atoms with Gasteiger partial charge in [0.15, 0.2) is 18.1 Å². The van der Waals surface area contributed by atoms with E-state index in [0.717, 1.165) is 31.4 Å². The van der Waals surface area contributed by atoms with Gasteiger partial charge in [-0.2, -0.15) is 0 Å². The highest BCUT2D eigenvalue weighted by Gasteiger charge is 2.27. The van der Waals surface area contributed by atoms with Crippen LogP contribution in [0, 0.1) is 0 Å². The maximum absolute atomic E-state index is 12.2. The van der Waals surface area contributed by atoms with Crippen molar-refractivity contribution in [2.24, 2.45) is 5.73 Å². The minimum atomic E-state index is -0.0230. The molecule has 0 aliphatic carbocycles. The number of carbonyl (C=O) groups is 1. The first-order valence-electron chi connectivity index (χ1n) is 7.59. The molecule has 1 amide bonds. The van der Waals surface area contributed by atoms with Crippen molar-refractivity contribution >= 4 is 18.3 Å². The predicted molar refractivity (Wildman–Crippen MR) is 93.4 cm³/mol. The molecule has 0 aromatic heterocycles. The number of carbonyl (C=O) groups excluding carboxylic acids is 1. The van der Waals surface area contributed by atoms with Crippen molar-refractivity contribution in [2.75, 3.05) is 26.8 Å². The fraction of sp³-hybridized carbons (Fsp3) is 0.471. The molecule has 1 heterocycles. The molecule has 5 nitrogen and oxygen atoms in total. The molecule has 0 bridgehead atoms. The molecule has 1 unspecified atom stereocenters. The van der Waals surface area contributed by atoms with Crippen molar-refractivity contribution in [3.63, 3.8) is 0 Å². The number of ether oxygens (including phenoxy) is 2. The molecule has 1 atom stereocenters. The summed E-state index contributed by atoms with van der Waals surface area (Å²) in [5, 5.41) is 0. The fourth-order valence-corrected chi connectivity index (χ4v) is 2.76. The van der Waals surface area contributed by atoms with Crippen LogP contribution in [0.3, 0.4) is 0 Å². The number of benzene rings is 1. The van der Waals surface area contributed by atoms with Gasteiger partial charge in [-0.25, -0.2) is 0 Å². The second-order valence-corrected chi connectivity index (χ2v) is 5.39. The summed E-state index contributed by atoms with van der Waals surface area (Å²) >= 11 is 0. The van der Waals surface area contributed by atoms with Gasteiger partial charge >= 0.3 is 0 Å². The molecule has 2 rings (SSSR count). The Labute approximate surface area is 143 Å². The molecule has 0 spiro atoms. The molecule has 1 aliphatic heterocycles. The van der Waals surface area contributed by atoms with Crippen LogP contribution < -0.4 is 15.2 Å². The number of nitrogens with two attached hydrogens (primary N) is 1. The van der Waals surface area contributed by atoms with E-state index < -0.39 is 0 Å². The average Bonchev–Trinajstić information content (AvgIpc) is 3.02. The molecule has 128 valence electrons. The van der Waals surface area contributed by atoms with E-state index in [1.165, 1.54) is 0 Å². The van der Waals surface area contributed by atoms with E-state index in [-0.39, 0.29) is 31.0 Å². The largest absolute Gasteiger partial charge is 0.493 e. The number of amides is 1. The van der Waals surface area contributed by atoms with Crippen LogP contribution in [-0.4, -0.2) is 43.7 Å². The Balaban J connectivity index is 0.00000264. The number of rotatable bonds is 7. The molecule has 1 aromatic carbocycles. The average molecular weight is 341 g/mol. The summed E-state index contributed by atoms with van der Waals surface area (Å²) in [6.07, 6.45) is 4.58. The number of likely N-dealkylation sites (tertiary alicyclic amines) is 1. The van der Waals surface area contributed by atoms with Crippen LogP contribution in [0.2, 0.25) is 0 Å². The molecule has 0 saturated carbocycles. The van der Waals surface area contributed by atoms with Crippen LogP contribution in [-0.2, 0) is 11.2 Å². The van der Waals surface area contributed by atoms with E-state index in [4.69, 9.17) is 15.2 Å². The van der Waals surface area contributed by atoms with E-state index in [2.05, 4.69) is 6.58 Å². The summed E-state index contributed by atoms with van der Waals surface area (Å²) in [5.74, 6) is 1.18. The molecule has 2 N–H and O–H groups in total. The highest BCUT2D eigenvalue weighted by atomic mass is 35.5. The lowest BCUT2D eigenvalue weighted by Gasteiger charge is -2.23. The monoisotopic (exact) mass is 340 g/mol. The maximum Gasteiger partial charge on any atom is 0.260 e. The number of halogens is 1. The minimum absolute atomic E-state index is 0. The van der Waals surface area contributed by atoms with Crippen LogP contribution >= 0.6 is 12.4 Å². The van der Waals surface area contributed by atoms with E-state index in [1.54, 1.807) is 7.11 Å². The van der Waals surface area contributed by atoms with Crippen LogP contribution in [0.1, 0.15) is 18.4 Å². The van der Waals surface area contributed by atoms with Crippen molar-refractivity contribution in [1.82, 2.24) is 4.90 Å². The second kappa shape index (κ2) is 9.43. The lowest BCUT2D eigenvalue weighted by atomic mass is 10.1. The van der Waals surface area contributed by atoms with Gasteiger partial charge in [-0.1, -0.05) is 12.1 Å². The molecule has 1 saturated heterocycles. The lowest BCUT2D eigenvalue weighted by Crippen LogP contribution is -2.42. The molecule has 0 radical (unpaired) electrons. The third kappa shape index (κ3) is 4.88. The quantitative estimate of drug-likeness (QED) is 0.773. The Bertz CT molecular complexity index is 537. The molecular weight excluding hydrogens is 316 g/mol. The topological polar surface area (TPSA) is 64.8 Å². The number of allylic oxidation sites excluding steroid dienone is 1. The summed E-state index contributed by atoms with van der Waals surface area (Å²) in [6.45, 7) is 5.00. The van der Waals surface area contributed by atoms with Gasteiger partial charge in [0.05, 0.1) is 7.11 Å². The standard InChI is InChI=1S/C17H24N2O3.ClH/c1-3-5-13-7-8-15(16(10-13)21-2)22-12-17(20)19-9-4-6-14(19)11-18;/h3,7-8,10,14H,1,4-6,9,11-12,18H2,2H3;1H. The van der Waals surface area contributed by atoms with Gasteiger partial charge in [0.25, 0.3) is 5.91 Å². The maximum atomic E-state index is 12.2. The van der Waals surface area contributed by atoms with Crippen LogP contribution in [0.4, 0.5) is 0 Å². The Hall–Kier alpha value is -1.72. The van der Waals surface area contributed by atoms with Crippen molar-refractivity contribution < 1.29 is 14.3 Å². The zero-order valence-corrected chi connectivity index (χ0v) is 14.3. The first-order valence-corrected chi connectivity index (χ1v) is 7.59. The lowest BCUT2D eigenvalue weighted by molar-refractivity contribution is -0.134. The first kappa shape index (κ1) is 19.3. The second-order valence-electron chi connectivity index (χ2n) is 5.39. The van der Waals surface area contributed by atoms with Gasteiger partial charge in [0, 0.05) is 19.1 Å². The Kier molecular flexibility index (Phi) is 7.92. The van der Waals surface area contributed by atoms with E-state index >= 15 is 0 Å². The minimum Gasteiger partial charge on any atom is -0.493 e. The summed E-state index contributed by atoms with van der Waals surface area (Å²) in [7, 11) is 1.59. The van der Waals surface area contributed by atoms with Crippen LogP contribution in [0.25, 0.3) is 0 Å². The smallest absolute Gasteiger partial charge is 0.260 e. The first-order chi connectivity index (χ1) is 10.7. The number of hydrogen-bond donors (Lipinski definition) is 1. The third-order valence-corrected chi connectivity index (χ3v) is 3.93. The van der Waals surface area contributed by atoms with Crippen LogP contribution in [0.5, 0.6) is 11.5 Å². The molecule has 1 fully saturated rings. The summed E-state index contributed by atoms with van der Waals surface area (Å²) < 4.78 is 11.0. The van der Waals surface area contributed by atoms with Gasteiger partial charge in [0.1, 0.15) is 0 Å². The normalized spacial score (nSPS) is 16.6. The number of nitrogens with zero attached hydrogens (tertiary/aromatic N) is 1. The van der Waals surface area contributed by atoms with E-state index in [0.29, 0.717) is 18.0 Å². The molecule has 1 aromatic rings. The predicted octanol–water partition coefficient (Wildman–Crippen LogP) is 2.17. The zero-order chi connectivity index (χ0) is 15.9. The highest BCUT2D eigenvalue weighted by Crippen LogP contribution is 2.28. The highest BCUT2D eigenvalue weighted by molar-refractivity contribution is 5.85. The molecule has 6 heteroatoms. The zero-order valence-electron chi connectivity index (χ0n) is 13.5. The van der Waals surface area contributed by atoms with Crippen LogP contribution in [0.15, 0.2) is 30.9 Å². The Morgan fingerprint density at radius 3 is 2.91 bits per heavy atom. The van der Waals surface area contributed by atoms with Crippen molar-refractivity contribution in [2.45, 2.75) is 25.3 Å². The van der Waals surface area contributed by atoms with Gasteiger partial charge in [-0.15, -0.1) is 19.0 Å². The van der Waals surface area contributed by atoms with Gasteiger partial charge in [0.2, 0.25) is 0 Å². The number of methoxy groups -OCH3 is 1. The summed E-state index contributed by atoms with van der Waals surface area (Å²) in [6, 6.07) is 5.82. The van der Waals surface area contributed by atoms with Crippen molar-refractivity contribution in [1.29, 1.82) is 0 Å². The molecule has 23 heavy (non-hydrogen) atoms. The van der Waals surface area contributed by atoms with E-state index in [9.17, 15) is 4.79 Å². The Morgan fingerprint density at radius 2 is 2.26 bits per heavy atom. The third-order valence-electron chi connectivity index (χ3n) is 3.93. The SMILES string of the molecule is C=CCc1ccc(OCC(=O)N2CCCC2CN)c(OC)c1.Cl. The van der Waals surface area contributed by atoms with Crippen molar-refractivity contribution in [3.05, 3.63) is 36.4 Å². The summed E-state index contributed by atoms with van der Waals surface area (Å²) in [4.78, 5) is 14.1. The Morgan fingerprint density at radius 1 is 1.48 bits per heavy atom.